The van der Waals surface area contributed by atoms with E-state index in [1.165, 1.54) is 36.8 Å². The first-order valence-corrected chi connectivity index (χ1v) is 3.87. The summed E-state index contributed by atoms with van der Waals surface area (Å²) in [4.78, 5) is 0. The Kier molecular flexibility index (Phi) is 2.40. The van der Waals surface area contributed by atoms with Crippen LogP contribution in [0.15, 0.2) is 23.1 Å². The zero-order valence-electron chi connectivity index (χ0n) is 5.56. The summed E-state index contributed by atoms with van der Waals surface area (Å²) in [6.45, 7) is 3.95. The van der Waals surface area contributed by atoms with Gasteiger partial charge in [0.25, 0.3) is 0 Å². The zero-order valence-corrected chi connectivity index (χ0v) is 6.45. The second kappa shape index (κ2) is 3.11. The Bertz CT molecular complexity index is 145. The number of hydrogen-bond acceptors (Lipinski definition) is 1. The van der Waals surface area contributed by atoms with E-state index in [1.807, 2.05) is 5.41 Å². The van der Waals surface area contributed by atoms with E-state index in [0.29, 0.717) is 0 Å². The van der Waals surface area contributed by atoms with Gasteiger partial charge in [-0.1, -0.05) is 12.2 Å². The van der Waals surface area contributed by atoms with Crippen molar-refractivity contribution in [2.45, 2.75) is 25.7 Å². The fourth-order valence-electron chi connectivity index (χ4n) is 1.15. The van der Waals surface area contributed by atoms with Crippen LogP contribution in [-0.4, -0.2) is 0 Å². The highest BCUT2D eigenvalue weighted by molar-refractivity contribution is 7.83. The molecule has 1 rings (SSSR count). The molecule has 1 aliphatic rings. The average Bonchev–Trinajstić information content (AvgIpc) is 1.89. The number of thiol groups is 1. The van der Waals surface area contributed by atoms with Crippen molar-refractivity contribution < 1.29 is 0 Å². The summed E-state index contributed by atoms with van der Waals surface area (Å²) in [7, 11) is 0. The molecule has 1 heteroatoms. The lowest BCUT2D eigenvalue weighted by Gasteiger charge is -2.15. The third-order valence-electron chi connectivity index (χ3n) is 1.78. The van der Waals surface area contributed by atoms with Gasteiger partial charge in [-0.2, -0.15) is 12.6 Å². The molecule has 0 nitrogen and oxygen atoms in total. The molecular weight excluding hydrogens is 128 g/mol. The zero-order chi connectivity index (χ0) is 6.69. The lowest BCUT2D eigenvalue weighted by atomic mass is 9.92. The maximum Gasteiger partial charge on any atom is -0.0271 e. The average molecular weight is 140 g/mol. The lowest BCUT2D eigenvalue weighted by Crippen LogP contribution is -1.95. The van der Waals surface area contributed by atoms with E-state index in [9.17, 15) is 0 Å². The van der Waals surface area contributed by atoms with E-state index in [0.717, 1.165) is 0 Å². The summed E-state index contributed by atoms with van der Waals surface area (Å²) < 4.78 is 0. The Morgan fingerprint density at radius 3 is 2.44 bits per heavy atom. The fraction of sp³-hybridized carbons (Fsp3) is 0.500. The molecule has 0 spiro atoms. The molecule has 0 unspecified atom stereocenters. The summed E-state index contributed by atoms with van der Waals surface area (Å²) >= 11 is 4.10. The molecule has 0 heterocycles. The molecule has 0 aliphatic heterocycles. The summed E-state index contributed by atoms with van der Waals surface area (Å²) in [5.41, 5.74) is 2.64. The molecule has 0 radical (unpaired) electrons. The van der Waals surface area contributed by atoms with Crippen molar-refractivity contribution in [3.63, 3.8) is 0 Å². The van der Waals surface area contributed by atoms with Crippen LogP contribution in [0, 0.1) is 0 Å². The molecule has 0 aromatic heterocycles. The predicted octanol–water partition coefficient (Wildman–Crippen LogP) is 2.93. The summed E-state index contributed by atoms with van der Waals surface area (Å²) in [5, 5.41) is 1.89. The largest absolute Gasteiger partial charge is 0.151 e. The van der Waals surface area contributed by atoms with E-state index >= 15 is 0 Å². The van der Waals surface area contributed by atoms with Gasteiger partial charge in [-0.05, 0) is 36.7 Å². The van der Waals surface area contributed by atoms with Crippen molar-refractivity contribution in [1.29, 1.82) is 0 Å². The molecule has 0 saturated heterocycles. The highest BCUT2D eigenvalue weighted by atomic mass is 32.1. The molecule has 50 valence electrons. The monoisotopic (exact) mass is 140 g/mol. The second-order valence-corrected chi connectivity index (χ2v) is 2.72. The smallest absolute Gasteiger partial charge is 0.0271 e. The van der Waals surface area contributed by atoms with Gasteiger partial charge >= 0.3 is 0 Å². The minimum Gasteiger partial charge on any atom is -0.151 e. The summed E-state index contributed by atoms with van der Waals surface area (Å²) in [5.74, 6) is 0. The standard InChI is InChI=1S/C8H12S/c1-7-4-2-3-5-8(7)6-9/h6,9H,1-5H2/b8-6-. The van der Waals surface area contributed by atoms with Gasteiger partial charge in [-0.25, -0.2) is 0 Å². The van der Waals surface area contributed by atoms with Gasteiger partial charge < -0.3 is 0 Å². The molecule has 0 amide bonds. The van der Waals surface area contributed by atoms with Gasteiger partial charge in [-0.3, -0.25) is 0 Å². The topological polar surface area (TPSA) is 0 Å². The van der Waals surface area contributed by atoms with Gasteiger partial charge in [0.15, 0.2) is 0 Å². The Hall–Kier alpha value is -0.170. The lowest BCUT2D eigenvalue weighted by molar-refractivity contribution is 0.682. The quantitative estimate of drug-likeness (QED) is 0.491. The second-order valence-electron chi connectivity index (χ2n) is 2.46. The van der Waals surface area contributed by atoms with Crippen LogP contribution in [0.4, 0.5) is 0 Å². The van der Waals surface area contributed by atoms with Crippen molar-refractivity contribution in [3.05, 3.63) is 23.1 Å². The predicted molar refractivity (Wildman–Crippen MR) is 44.7 cm³/mol. The maximum absolute atomic E-state index is 4.10. The first-order valence-electron chi connectivity index (χ1n) is 3.36. The molecule has 1 aliphatic carbocycles. The van der Waals surface area contributed by atoms with E-state index in [2.05, 4.69) is 19.2 Å². The van der Waals surface area contributed by atoms with Crippen LogP contribution in [0.1, 0.15) is 25.7 Å². The Morgan fingerprint density at radius 2 is 2.00 bits per heavy atom. The number of allylic oxidation sites excluding steroid dienone is 2. The molecule has 0 atom stereocenters. The number of rotatable bonds is 0. The normalized spacial score (nSPS) is 25.0. The van der Waals surface area contributed by atoms with Crippen LogP contribution in [0.5, 0.6) is 0 Å². The minimum absolute atomic E-state index is 1.17. The minimum atomic E-state index is 1.17. The highest BCUT2D eigenvalue weighted by Crippen LogP contribution is 2.27. The fourth-order valence-corrected chi connectivity index (χ4v) is 1.46. The van der Waals surface area contributed by atoms with Crippen LogP contribution >= 0.6 is 12.6 Å². The molecule has 0 bridgehead atoms. The third kappa shape index (κ3) is 1.62. The van der Waals surface area contributed by atoms with E-state index < -0.39 is 0 Å². The Balaban J connectivity index is 2.60. The number of hydrogen-bond donors (Lipinski definition) is 1. The van der Waals surface area contributed by atoms with Gasteiger partial charge in [0, 0.05) is 0 Å². The summed E-state index contributed by atoms with van der Waals surface area (Å²) in [6, 6.07) is 0. The first-order chi connectivity index (χ1) is 4.34. The van der Waals surface area contributed by atoms with Crippen LogP contribution < -0.4 is 0 Å². The van der Waals surface area contributed by atoms with Gasteiger partial charge in [-0.15, -0.1) is 0 Å². The van der Waals surface area contributed by atoms with Crippen molar-refractivity contribution in [1.82, 2.24) is 0 Å². The van der Waals surface area contributed by atoms with Crippen molar-refractivity contribution in [2.75, 3.05) is 0 Å². The third-order valence-corrected chi connectivity index (χ3v) is 2.10. The molecule has 0 aromatic carbocycles. The van der Waals surface area contributed by atoms with Crippen LogP contribution in [0.25, 0.3) is 0 Å². The molecule has 0 N–H and O–H groups in total. The molecule has 1 saturated carbocycles. The summed E-state index contributed by atoms with van der Waals surface area (Å²) in [6.07, 6.45) is 4.98. The van der Waals surface area contributed by atoms with Gasteiger partial charge in [0.2, 0.25) is 0 Å². The maximum atomic E-state index is 4.10. The highest BCUT2D eigenvalue weighted by Gasteiger charge is 2.07. The molecule has 0 aromatic rings. The van der Waals surface area contributed by atoms with E-state index in [1.54, 1.807) is 0 Å². The Morgan fingerprint density at radius 1 is 1.33 bits per heavy atom. The first kappa shape index (κ1) is 6.94. The molecule has 9 heavy (non-hydrogen) atoms. The van der Waals surface area contributed by atoms with Crippen molar-refractivity contribution in [2.24, 2.45) is 0 Å². The van der Waals surface area contributed by atoms with Crippen LogP contribution in [0.2, 0.25) is 0 Å². The van der Waals surface area contributed by atoms with Gasteiger partial charge in [0.05, 0.1) is 0 Å². The SMILES string of the molecule is C=C1CCCC/C1=C/S. The molecular formula is C8H12S. The van der Waals surface area contributed by atoms with Crippen LogP contribution in [-0.2, 0) is 0 Å². The van der Waals surface area contributed by atoms with E-state index in [4.69, 9.17) is 0 Å². The van der Waals surface area contributed by atoms with E-state index in [-0.39, 0.29) is 0 Å². The Labute approximate surface area is 62.1 Å². The van der Waals surface area contributed by atoms with Crippen LogP contribution in [0.3, 0.4) is 0 Å². The van der Waals surface area contributed by atoms with Gasteiger partial charge in [0.1, 0.15) is 0 Å². The molecule has 1 fully saturated rings. The van der Waals surface area contributed by atoms with Crippen molar-refractivity contribution in [3.8, 4) is 0 Å². The van der Waals surface area contributed by atoms with Crippen molar-refractivity contribution >= 4 is 12.6 Å².